The van der Waals surface area contributed by atoms with Crippen molar-refractivity contribution in [2.24, 2.45) is 5.73 Å². The van der Waals surface area contributed by atoms with Gasteiger partial charge in [-0.25, -0.2) is 4.57 Å². The fourth-order valence-electron chi connectivity index (χ4n) is 5.43. The minimum atomic E-state index is -4.79. The summed E-state index contributed by atoms with van der Waals surface area (Å²) in [7, 11) is -4.79. The number of nitrogens with two attached hydrogens (primary N) is 1. The van der Waals surface area contributed by atoms with Gasteiger partial charge in [0, 0.05) is 12.8 Å². The van der Waals surface area contributed by atoms with Crippen LogP contribution in [0.5, 0.6) is 0 Å². The second-order valence-corrected chi connectivity index (χ2v) is 16.0. The van der Waals surface area contributed by atoms with Gasteiger partial charge in [0.1, 0.15) is 12.6 Å². The molecule has 0 heterocycles. The van der Waals surface area contributed by atoms with Crippen LogP contribution in [-0.2, 0) is 37.5 Å². The van der Waals surface area contributed by atoms with E-state index >= 15 is 0 Å². The molecule has 0 radical (unpaired) electrons. The van der Waals surface area contributed by atoms with Crippen molar-refractivity contribution in [3.8, 4) is 0 Å². The molecule has 0 aromatic rings. The summed E-state index contributed by atoms with van der Waals surface area (Å²) in [5.74, 6) is -2.66. The first-order valence-corrected chi connectivity index (χ1v) is 23.0. The van der Waals surface area contributed by atoms with Gasteiger partial charge in [0.25, 0.3) is 0 Å². The highest BCUT2D eigenvalue weighted by Gasteiger charge is 2.28. The van der Waals surface area contributed by atoms with Crippen molar-refractivity contribution in [2.75, 3.05) is 19.8 Å². The van der Waals surface area contributed by atoms with Crippen molar-refractivity contribution in [3.63, 3.8) is 0 Å². The molecule has 0 rings (SSSR count). The van der Waals surface area contributed by atoms with Crippen LogP contribution in [0, 0.1) is 0 Å². The first-order valence-electron chi connectivity index (χ1n) is 21.5. The fraction of sp³-hybridized carbons (Fsp3) is 0.705. The van der Waals surface area contributed by atoms with Gasteiger partial charge in [-0.1, -0.05) is 139 Å². The smallest absolute Gasteiger partial charge is 0.472 e. The standard InChI is InChI=1S/C44H76NO12P/c1-3-5-7-9-11-12-13-14-15-16-17-18-19-21-27-33-42(48)54-35-40(36-55-58(52,53)56-37-41(45)44(50)51)57-43(49)34-28-32-39(47)31-26-23-22-25-30-38(46)29-24-20-10-8-6-4-2/h12-13,20,22-26,30-31,38-41,46-47H,3-11,14-19,21,27-29,32-37,45H2,1-2H3,(H,50,51)(H,52,53)/b13-12-,23-22+,24-20-,30-25+,31-26-/t38-,39-,40+,41-/m0/s1. The molecule has 0 bridgehead atoms. The summed E-state index contributed by atoms with van der Waals surface area (Å²) in [6, 6.07) is -1.56. The molecule has 1 unspecified atom stereocenters. The van der Waals surface area contributed by atoms with Crippen LogP contribution in [0.1, 0.15) is 155 Å². The number of carbonyl (C=O) groups is 3. The largest absolute Gasteiger partial charge is 0.480 e. The maximum Gasteiger partial charge on any atom is 0.472 e. The van der Waals surface area contributed by atoms with E-state index in [4.69, 9.17) is 24.8 Å². The van der Waals surface area contributed by atoms with Crippen LogP contribution < -0.4 is 5.73 Å². The Kier molecular flexibility index (Phi) is 36.4. The van der Waals surface area contributed by atoms with Crippen molar-refractivity contribution >= 4 is 25.7 Å². The van der Waals surface area contributed by atoms with E-state index in [1.165, 1.54) is 57.8 Å². The van der Waals surface area contributed by atoms with Crippen LogP contribution in [-0.4, -0.2) is 82.3 Å². The molecular formula is C44H76NO12P. The number of hydrogen-bond acceptors (Lipinski definition) is 11. The Balaban J connectivity index is 4.66. The number of rotatable bonds is 39. The average molecular weight is 842 g/mol. The minimum Gasteiger partial charge on any atom is -0.480 e. The Hall–Kier alpha value is -2.90. The van der Waals surface area contributed by atoms with E-state index in [-0.39, 0.29) is 25.7 Å². The molecule has 334 valence electrons. The van der Waals surface area contributed by atoms with E-state index in [0.717, 1.165) is 44.9 Å². The summed E-state index contributed by atoms with van der Waals surface area (Å²) in [4.78, 5) is 45.9. The average Bonchev–Trinajstić information content (AvgIpc) is 3.19. The van der Waals surface area contributed by atoms with Crippen LogP contribution in [0.15, 0.2) is 60.8 Å². The molecule has 0 aromatic carbocycles. The predicted molar refractivity (Wildman–Crippen MR) is 229 cm³/mol. The summed E-state index contributed by atoms with van der Waals surface area (Å²) < 4.78 is 32.5. The molecule has 58 heavy (non-hydrogen) atoms. The van der Waals surface area contributed by atoms with Gasteiger partial charge in [-0.3, -0.25) is 23.4 Å². The summed E-state index contributed by atoms with van der Waals surface area (Å²) in [5.41, 5.74) is 5.31. The summed E-state index contributed by atoms with van der Waals surface area (Å²) in [6.07, 6.45) is 36.3. The molecule has 0 saturated heterocycles. The Morgan fingerprint density at radius 2 is 1.12 bits per heavy atom. The highest BCUT2D eigenvalue weighted by molar-refractivity contribution is 7.47. The van der Waals surface area contributed by atoms with E-state index in [0.29, 0.717) is 12.8 Å². The van der Waals surface area contributed by atoms with Gasteiger partial charge >= 0.3 is 25.7 Å². The highest BCUT2D eigenvalue weighted by Crippen LogP contribution is 2.43. The van der Waals surface area contributed by atoms with Crippen molar-refractivity contribution < 1.29 is 57.7 Å². The number of ether oxygens (including phenoxy) is 2. The maximum absolute atomic E-state index is 12.6. The number of phosphoric ester groups is 1. The number of esters is 2. The number of hydrogen-bond donors (Lipinski definition) is 5. The first kappa shape index (κ1) is 55.1. The number of aliphatic hydroxyl groups is 2. The Morgan fingerprint density at radius 3 is 1.74 bits per heavy atom. The van der Waals surface area contributed by atoms with Crippen LogP contribution >= 0.6 is 7.82 Å². The molecule has 0 fully saturated rings. The van der Waals surface area contributed by atoms with E-state index in [1.807, 2.05) is 6.08 Å². The Bertz CT molecular complexity index is 1250. The first-order chi connectivity index (χ1) is 27.9. The number of unbranched alkanes of at least 4 members (excludes halogenated alkanes) is 14. The summed E-state index contributed by atoms with van der Waals surface area (Å²) >= 11 is 0. The highest BCUT2D eigenvalue weighted by atomic mass is 31.2. The van der Waals surface area contributed by atoms with Gasteiger partial charge in [-0.05, 0) is 64.2 Å². The van der Waals surface area contributed by atoms with E-state index in [2.05, 4.69) is 36.6 Å². The molecule has 0 spiro atoms. The third-order valence-electron chi connectivity index (χ3n) is 8.93. The lowest BCUT2D eigenvalue weighted by molar-refractivity contribution is -0.161. The van der Waals surface area contributed by atoms with Crippen LogP contribution in [0.25, 0.3) is 0 Å². The molecule has 0 aliphatic carbocycles. The maximum atomic E-state index is 12.6. The molecule has 13 nitrogen and oxygen atoms in total. The molecule has 0 saturated carbocycles. The molecular weight excluding hydrogens is 765 g/mol. The van der Waals surface area contributed by atoms with Gasteiger partial charge in [0.2, 0.25) is 0 Å². The number of aliphatic carboxylic acids is 1. The lowest BCUT2D eigenvalue weighted by Crippen LogP contribution is -2.34. The van der Waals surface area contributed by atoms with Gasteiger partial charge in [-0.2, -0.15) is 0 Å². The molecule has 14 heteroatoms. The van der Waals surface area contributed by atoms with Gasteiger partial charge in [-0.15, -0.1) is 0 Å². The van der Waals surface area contributed by atoms with Crippen molar-refractivity contribution in [2.45, 2.75) is 179 Å². The normalized spacial score (nSPS) is 15.4. The topological polar surface area (TPSA) is 212 Å². The zero-order valence-electron chi connectivity index (χ0n) is 35.3. The lowest BCUT2D eigenvalue weighted by atomic mass is 10.1. The monoisotopic (exact) mass is 842 g/mol. The third kappa shape index (κ3) is 37.4. The van der Waals surface area contributed by atoms with Crippen molar-refractivity contribution in [3.05, 3.63) is 60.8 Å². The molecule has 0 aliphatic heterocycles. The quantitative estimate of drug-likeness (QED) is 0.0129. The number of allylic oxidation sites excluding steroid dienone is 7. The van der Waals surface area contributed by atoms with Gasteiger partial charge in [0.05, 0.1) is 25.4 Å². The summed E-state index contributed by atoms with van der Waals surface area (Å²) in [5, 5.41) is 29.2. The second-order valence-electron chi connectivity index (χ2n) is 14.5. The van der Waals surface area contributed by atoms with E-state index in [9.17, 15) is 34.1 Å². The van der Waals surface area contributed by atoms with Crippen LogP contribution in [0.3, 0.4) is 0 Å². The molecule has 0 amide bonds. The number of carboxylic acids is 1. The fourth-order valence-corrected chi connectivity index (χ4v) is 6.21. The molecule has 0 aliphatic rings. The molecule has 0 aromatic heterocycles. The van der Waals surface area contributed by atoms with Gasteiger partial charge in [0.15, 0.2) is 6.10 Å². The zero-order chi connectivity index (χ0) is 43.1. The predicted octanol–water partition coefficient (Wildman–Crippen LogP) is 9.11. The number of phosphoric acid groups is 1. The Labute approximate surface area is 348 Å². The molecule has 6 N–H and O–H groups in total. The zero-order valence-corrected chi connectivity index (χ0v) is 36.2. The minimum absolute atomic E-state index is 0.102. The molecule has 5 atom stereocenters. The van der Waals surface area contributed by atoms with Crippen molar-refractivity contribution in [1.29, 1.82) is 0 Å². The number of carboxylic acid groups (broad SMARTS) is 1. The number of carbonyl (C=O) groups excluding carboxylic acids is 2. The Morgan fingerprint density at radius 1 is 0.621 bits per heavy atom. The van der Waals surface area contributed by atoms with Gasteiger partial charge < -0.3 is 35.4 Å². The lowest BCUT2D eigenvalue weighted by Gasteiger charge is -2.20. The van der Waals surface area contributed by atoms with Crippen LogP contribution in [0.2, 0.25) is 0 Å². The summed E-state index contributed by atoms with van der Waals surface area (Å²) in [6.45, 7) is 2.46. The second kappa shape index (κ2) is 38.3. The third-order valence-corrected chi connectivity index (χ3v) is 9.88. The van der Waals surface area contributed by atoms with Crippen LogP contribution in [0.4, 0.5) is 0 Å². The number of aliphatic hydroxyl groups excluding tert-OH is 2. The van der Waals surface area contributed by atoms with Crippen molar-refractivity contribution in [1.82, 2.24) is 0 Å². The van der Waals surface area contributed by atoms with E-state index in [1.54, 1.807) is 36.5 Å². The SMILES string of the molecule is CCCCC/C=C\C[C@H](O)/C=C/C=C/C=C\[C@H](O)CCCC(=O)O[C@H](COC(=O)CCCCCCCCC/C=C\CCCCCC)COP(=O)(O)OC[C@H](N)C(=O)O. The van der Waals surface area contributed by atoms with E-state index < -0.39 is 69.9 Å².